The zero-order valence-corrected chi connectivity index (χ0v) is 19.8. The van der Waals surface area contributed by atoms with E-state index in [1.165, 1.54) is 60.7 Å². The SMILES string of the molecule is CC(=O)OC1O[C@H](COC(=O)c2ccccc2)[C@](O)(C(=O)c2ccccc2)[C@]1(O)C(=O)c1ccccc1. The second-order valence-electron chi connectivity index (χ2n) is 8.45. The highest BCUT2D eigenvalue weighted by molar-refractivity contribution is 6.13. The fourth-order valence-corrected chi connectivity index (χ4v) is 4.22. The van der Waals surface area contributed by atoms with Crippen LogP contribution in [-0.2, 0) is 19.0 Å². The van der Waals surface area contributed by atoms with Crippen molar-refractivity contribution in [1.29, 1.82) is 0 Å². The molecule has 9 nitrogen and oxygen atoms in total. The van der Waals surface area contributed by atoms with Crippen LogP contribution in [0.3, 0.4) is 0 Å². The first-order chi connectivity index (χ1) is 17.7. The Morgan fingerprint density at radius 3 is 1.62 bits per heavy atom. The van der Waals surface area contributed by atoms with E-state index >= 15 is 0 Å². The van der Waals surface area contributed by atoms with Crippen LogP contribution >= 0.6 is 0 Å². The zero-order valence-electron chi connectivity index (χ0n) is 19.8. The summed E-state index contributed by atoms with van der Waals surface area (Å²) in [5.41, 5.74) is -6.05. The number of ether oxygens (including phenoxy) is 3. The van der Waals surface area contributed by atoms with E-state index in [0.717, 1.165) is 6.92 Å². The number of ketones is 2. The molecule has 0 amide bonds. The second kappa shape index (κ2) is 10.4. The average Bonchev–Trinajstić information content (AvgIpc) is 3.14. The summed E-state index contributed by atoms with van der Waals surface area (Å²) in [7, 11) is 0. The summed E-state index contributed by atoms with van der Waals surface area (Å²) >= 11 is 0. The molecular formula is C28H24O9. The van der Waals surface area contributed by atoms with Gasteiger partial charge in [-0.05, 0) is 12.1 Å². The Hall–Kier alpha value is -4.18. The number of carbonyl (C=O) groups is 4. The largest absolute Gasteiger partial charge is 0.459 e. The minimum absolute atomic E-state index is 0.0595. The third-order valence-corrected chi connectivity index (χ3v) is 6.09. The van der Waals surface area contributed by atoms with E-state index in [9.17, 15) is 29.4 Å². The first kappa shape index (κ1) is 25.9. The molecule has 0 radical (unpaired) electrons. The molecule has 1 heterocycles. The van der Waals surface area contributed by atoms with Gasteiger partial charge in [-0.15, -0.1) is 0 Å². The van der Waals surface area contributed by atoms with Crippen LogP contribution < -0.4 is 0 Å². The first-order valence-electron chi connectivity index (χ1n) is 11.4. The molecule has 1 unspecified atom stereocenters. The number of rotatable bonds is 8. The monoisotopic (exact) mass is 504 g/mol. The number of aliphatic hydroxyl groups is 2. The molecule has 2 N–H and O–H groups in total. The van der Waals surface area contributed by atoms with Crippen LogP contribution in [0, 0.1) is 0 Å². The van der Waals surface area contributed by atoms with Crippen LogP contribution in [0.1, 0.15) is 38.0 Å². The van der Waals surface area contributed by atoms with Gasteiger partial charge in [-0.3, -0.25) is 14.4 Å². The maximum absolute atomic E-state index is 13.8. The van der Waals surface area contributed by atoms with E-state index < -0.39 is 53.7 Å². The topological polar surface area (TPSA) is 136 Å². The summed E-state index contributed by atoms with van der Waals surface area (Å²) < 4.78 is 16.0. The molecule has 0 aliphatic carbocycles. The zero-order chi connectivity index (χ0) is 26.6. The van der Waals surface area contributed by atoms with E-state index in [1.54, 1.807) is 30.3 Å². The third-order valence-electron chi connectivity index (χ3n) is 6.09. The lowest BCUT2D eigenvalue weighted by molar-refractivity contribution is -0.200. The van der Waals surface area contributed by atoms with Crippen LogP contribution in [0.2, 0.25) is 0 Å². The van der Waals surface area contributed by atoms with Crippen LogP contribution in [0.15, 0.2) is 91.0 Å². The number of esters is 2. The summed E-state index contributed by atoms with van der Waals surface area (Å²) in [6, 6.07) is 22.8. The van der Waals surface area contributed by atoms with Crippen molar-refractivity contribution in [3.8, 4) is 0 Å². The molecular weight excluding hydrogens is 480 g/mol. The van der Waals surface area contributed by atoms with Crippen molar-refractivity contribution in [3.05, 3.63) is 108 Å². The average molecular weight is 504 g/mol. The molecule has 190 valence electrons. The molecule has 1 aliphatic rings. The molecule has 1 fully saturated rings. The quantitative estimate of drug-likeness (QED) is 0.350. The second-order valence-corrected chi connectivity index (χ2v) is 8.45. The lowest BCUT2D eigenvalue weighted by Crippen LogP contribution is -2.68. The Morgan fingerprint density at radius 1 is 0.730 bits per heavy atom. The summed E-state index contributed by atoms with van der Waals surface area (Å²) in [5.74, 6) is -3.95. The van der Waals surface area contributed by atoms with Crippen LogP contribution in [0.4, 0.5) is 0 Å². The van der Waals surface area contributed by atoms with E-state index in [0.29, 0.717) is 0 Å². The first-order valence-corrected chi connectivity index (χ1v) is 11.4. The smallest absolute Gasteiger partial charge is 0.338 e. The molecule has 1 saturated heterocycles. The Bertz CT molecular complexity index is 1290. The lowest BCUT2D eigenvalue weighted by Gasteiger charge is -2.37. The third kappa shape index (κ3) is 4.67. The summed E-state index contributed by atoms with van der Waals surface area (Å²) in [4.78, 5) is 51.9. The van der Waals surface area contributed by atoms with Gasteiger partial charge in [0.05, 0.1) is 5.56 Å². The van der Waals surface area contributed by atoms with Crippen molar-refractivity contribution >= 4 is 23.5 Å². The fourth-order valence-electron chi connectivity index (χ4n) is 4.22. The molecule has 0 aromatic heterocycles. The standard InChI is InChI=1S/C28H24O9/c1-18(29)36-26-28(34,24(31)20-13-7-3-8-14-20)27(33,23(30)19-11-5-2-6-12-19)22(37-26)17-35-25(32)21-15-9-4-10-16-21/h2-16,22,26,33-34H,17H2,1H3/t22-,26?,27+,28+/m1/s1. The van der Waals surface area contributed by atoms with E-state index in [4.69, 9.17) is 14.2 Å². The molecule has 4 rings (SSSR count). The number of carbonyl (C=O) groups excluding carboxylic acids is 4. The van der Waals surface area contributed by atoms with Crippen LogP contribution in [-0.4, -0.2) is 63.9 Å². The Labute approximate surface area is 212 Å². The van der Waals surface area contributed by atoms with Crippen molar-refractivity contribution in [1.82, 2.24) is 0 Å². The van der Waals surface area contributed by atoms with Crippen molar-refractivity contribution in [2.75, 3.05) is 6.61 Å². The Morgan fingerprint density at radius 2 is 1.16 bits per heavy atom. The highest BCUT2D eigenvalue weighted by Gasteiger charge is 2.75. The van der Waals surface area contributed by atoms with Gasteiger partial charge in [0, 0.05) is 18.1 Å². The Balaban J connectivity index is 1.80. The van der Waals surface area contributed by atoms with Gasteiger partial charge in [-0.1, -0.05) is 78.9 Å². The molecule has 0 saturated carbocycles. The van der Waals surface area contributed by atoms with Crippen molar-refractivity contribution in [3.63, 3.8) is 0 Å². The van der Waals surface area contributed by atoms with Gasteiger partial charge in [0.25, 0.3) is 0 Å². The molecule has 0 bridgehead atoms. The molecule has 1 aliphatic heterocycles. The molecule has 3 aromatic carbocycles. The number of benzene rings is 3. The van der Waals surface area contributed by atoms with Gasteiger partial charge in [0.1, 0.15) is 12.7 Å². The molecule has 9 heteroatoms. The number of hydrogen-bond donors (Lipinski definition) is 2. The van der Waals surface area contributed by atoms with Gasteiger partial charge in [-0.2, -0.15) is 0 Å². The lowest BCUT2D eigenvalue weighted by atomic mass is 9.71. The van der Waals surface area contributed by atoms with E-state index in [-0.39, 0.29) is 16.7 Å². The minimum Gasteiger partial charge on any atom is -0.459 e. The normalized spacial score (nSPS) is 24.7. The van der Waals surface area contributed by atoms with Crippen molar-refractivity contribution < 1.29 is 43.6 Å². The minimum atomic E-state index is -3.09. The Kier molecular flexibility index (Phi) is 7.30. The predicted octanol–water partition coefficient (Wildman–Crippen LogP) is 2.36. The van der Waals surface area contributed by atoms with Crippen LogP contribution in [0.25, 0.3) is 0 Å². The molecule has 3 aromatic rings. The van der Waals surface area contributed by atoms with Gasteiger partial charge in [-0.25, -0.2) is 4.79 Å². The summed E-state index contributed by atoms with van der Waals surface area (Å²) in [5, 5.41) is 23.8. The van der Waals surface area contributed by atoms with Gasteiger partial charge >= 0.3 is 11.9 Å². The summed E-state index contributed by atoms with van der Waals surface area (Å²) in [6.07, 6.45) is -3.87. The maximum atomic E-state index is 13.8. The van der Waals surface area contributed by atoms with E-state index in [2.05, 4.69) is 0 Å². The van der Waals surface area contributed by atoms with Crippen molar-refractivity contribution in [2.24, 2.45) is 0 Å². The van der Waals surface area contributed by atoms with Gasteiger partial charge < -0.3 is 24.4 Å². The summed E-state index contributed by atoms with van der Waals surface area (Å²) in [6.45, 7) is 0.266. The van der Waals surface area contributed by atoms with Crippen molar-refractivity contribution in [2.45, 2.75) is 30.5 Å². The highest BCUT2D eigenvalue weighted by Crippen LogP contribution is 2.45. The highest BCUT2D eigenvalue weighted by atomic mass is 16.7. The molecule has 0 spiro atoms. The van der Waals surface area contributed by atoms with E-state index in [1.807, 2.05) is 0 Å². The van der Waals surface area contributed by atoms with Gasteiger partial charge in [0.2, 0.25) is 23.5 Å². The molecule has 37 heavy (non-hydrogen) atoms. The maximum Gasteiger partial charge on any atom is 0.338 e. The molecule has 4 atom stereocenters. The van der Waals surface area contributed by atoms with Crippen LogP contribution in [0.5, 0.6) is 0 Å². The predicted molar refractivity (Wildman–Crippen MR) is 129 cm³/mol. The number of Topliss-reactive ketones (excluding diaryl/α,β-unsaturated/α-hetero) is 2. The fraction of sp³-hybridized carbons (Fsp3) is 0.214. The van der Waals surface area contributed by atoms with Gasteiger partial charge in [0.15, 0.2) is 5.60 Å². The number of hydrogen-bond acceptors (Lipinski definition) is 9.